The number of ether oxygens (including phenoxy) is 1. The third-order valence-electron chi connectivity index (χ3n) is 5.69. The van der Waals surface area contributed by atoms with Gasteiger partial charge in [-0.25, -0.2) is 0 Å². The maximum Gasteiger partial charge on any atom is 0.0590 e. The first-order valence-corrected chi connectivity index (χ1v) is 8.39. The molecule has 1 atom stereocenters. The lowest BCUT2D eigenvalue weighted by atomic mass is 9.71. The summed E-state index contributed by atoms with van der Waals surface area (Å²) in [6.45, 7) is 10.9. The number of rotatable bonds is 8. The van der Waals surface area contributed by atoms with Crippen molar-refractivity contribution < 1.29 is 4.74 Å². The summed E-state index contributed by atoms with van der Waals surface area (Å²) in [6, 6.07) is 0.634. The zero-order valence-corrected chi connectivity index (χ0v) is 13.6. The van der Waals surface area contributed by atoms with Crippen LogP contribution in [0.1, 0.15) is 39.5 Å². The molecule has 3 fully saturated rings. The molecule has 2 N–H and O–H groups in total. The first-order chi connectivity index (χ1) is 9.71. The van der Waals surface area contributed by atoms with Gasteiger partial charge in [0.25, 0.3) is 0 Å². The number of hydrogen-bond donors (Lipinski definition) is 1. The number of piperidine rings is 3. The smallest absolute Gasteiger partial charge is 0.0590 e. The van der Waals surface area contributed by atoms with Gasteiger partial charge in [-0.15, -0.1) is 0 Å². The molecule has 3 aliphatic rings. The summed E-state index contributed by atoms with van der Waals surface area (Å²) in [5.74, 6) is 0.773. The molecule has 4 nitrogen and oxygen atoms in total. The average molecular weight is 283 g/mol. The molecule has 3 saturated heterocycles. The SMILES string of the molecule is CCC(CC)N(CCOC)C1(CN)CN2CCC1CC2. The Morgan fingerprint density at radius 1 is 1.30 bits per heavy atom. The molecule has 3 rings (SSSR count). The van der Waals surface area contributed by atoms with Crippen LogP contribution in [0.2, 0.25) is 0 Å². The van der Waals surface area contributed by atoms with Gasteiger partial charge in [0.15, 0.2) is 0 Å². The average Bonchev–Trinajstić information content (AvgIpc) is 2.52. The Morgan fingerprint density at radius 3 is 2.35 bits per heavy atom. The topological polar surface area (TPSA) is 41.7 Å². The molecular weight excluding hydrogens is 250 g/mol. The number of nitrogens with zero attached hydrogens (tertiary/aromatic N) is 2. The Bertz CT molecular complexity index is 287. The minimum Gasteiger partial charge on any atom is -0.383 e. The molecule has 118 valence electrons. The molecule has 20 heavy (non-hydrogen) atoms. The first-order valence-electron chi connectivity index (χ1n) is 8.39. The van der Waals surface area contributed by atoms with Crippen molar-refractivity contribution in [2.45, 2.75) is 51.1 Å². The summed E-state index contributed by atoms with van der Waals surface area (Å²) in [5.41, 5.74) is 6.52. The molecule has 0 amide bonds. The Labute approximate surface area is 124 Å². The summed E-state index contributed by atoms with van der Waals surface area (Å²) >= 11 is 0. The van der Waals surface area contributed by atoms with Gasteiger partial charge in [0.2, 0.25) is 0 Å². The number of methoxy groups -OCH3 is 1. The summed E-state index contributed by atoms with van der Waals surface area (Å²) in [7, 11) is 1.80. The molecule has 0 aliphatic carbocycles. The van der Waals surface area contributed by atoms with Crippen LogP contribution in [0.5, 0.6) is 0 Å². The second kappa shape index (κ2) is 7.21. The predicted octanol–water partition coefficient (Wildman–Crippen LogP) is 1.55. The van der Waals surface area contributed by atoms with E-state index in [0.717, 1.165) is 32.2 Å². The number of nitrogens with two attached hydrogens (primary N) is 1. The van der Waals surface area contributed by atoms with E-state index in [0.29, 0.717) is 6.04 Å². The van der Waals surface area contributed by atoms with E-state index >= 15 is 0 Å². The van der Waals surface area contributed by atoms with Crippen molar-refractivity contribution in [3.63, 3.8) is 0 Å². The highest BCUT2D eigenvalue weighted by atomic mass is 16.5. The molecule has 3 aliphatic heterocycles. The fourth-order valence-corrected chi connectivity index (χ4v) is 4.51. The Balaban J connectivity index is 2.23. The molecule has 0 radical (unpaired) electrons. The molecule has 0 aromatic heterocycles. The van der Waals surface area contributed by atoms with E-state index in [9.17, 15) is 0 Å². The molecule has 4 heteroatoms. The Hall–Kier alpha value is -0.160. The second-order valence-corrected chi connectivity index (χ2v) is 6.51. The van der Waals surface area contributed by atoms with Crippen molar-refractivity contribution in [1.29, 1.82) is 0 Å². The maximum atomic E-state index is 6.34. The minimum absolute atomic E-state index is 0.186. The standard InChI is InChI=1S/C16H33N3O/c1-4-15(5-2)19(10-11-20-3)16(12-17)13-18-8-6-14(16)7-9-18/h14-15H,4-13,17H2,1-3H3. The zero-order valence-electron chi connectivity index (χ0n) is 13.6. The van der Waals surface area contributed by atoms with Crippen LogP contribution in [0.3, 0.4) is 0 Å². The van der Waals surface area contributed by atoms with Crippen molar-refractivity contribution >= 4 is 0 Å². The minimum atomic E-state index is 0.186. The van der Waals surface area contributed by atoms with E-state index in [1.807, 2.05) is 0 Å². The summed E-state index contributed by atoms with van der Waals surface area (Å²) in [6.07, 6.45) is 5.05. The summed E-state index contributed by atoms with van der Waals surface area (Å²) < 4.78 is 5.38. The molecular formula is C16H33N3O. The maximum absolute atomic E-state index is 6.34. The number of hydrogen-bond acceptors (Lipinski definition) is 4. The monoisotopic (exact) mass is 283 g/mol. The van der Waals surface area contributed by atoms with E-state index in [2.05, 4.69) is 23.6 Å². The molecule has 3 heterocycles. The van der Waals surface area contributed by atoms with Crippen LogP contribution in [0.4, 0.5) is 0 Å². The lowest BCUT2D eigenvalue weighted by Gasteiger charge is -2.59. The van der Waals surface area contributed by atoms with Gasteiger partial charge in [0, 0.05) is 38.3 Å². The first kappa shape index (κ1) is 16.2. The van der Waals surface area contributed by atoms with Crippen molar-refractivity contribution in [1.82, 2.24) is 9.80 Å². The van der Waals surface area contributed by atoms with E-state index in [1.165, 1.54) is 38.8 Å². The third-order valence-corrected chi connectivity index (χ3v) is 5.69. The summed E-state index contributed by atoms with van der Waals surface area (Å²) in [4.78, 5) is 5.33. The third kappa shape index (κ3) is 2.89. The van der Waals surface area contributed by atoms with Crippen LogP contribution in [-0.2, 0) is 4.74 Å². The molecule has 0 aromatic carbocycles. The highest BCUT2D eigenvalue weighted by molar-refractivity contribution is 5.07. The zero-order chi connectivity index (χ0) is 14.6. The van der Waals surface area contributed by atoms with Gasteiger partial charge in [-0.3, -0.25) is 4.90 Å². The fourth-order valence-electron chi connectivity index (χ4n) is 4.51. The van der Waals surface area contributed by atoms with Crippen molar-refractivity contribution in [2.75, 3.05) is 46.4 Å². The quantitative estimate of drug-likeness (QED) is 0.734. The molecule has 0 saturated carbocycles. The largest absolute Gasteiger partial charge is 0.383 e. The van der Waals surface area contributed by atoms with Gasteiger partial charge in [-0.2, -0.15) is 0 Å². The Morgan fingerprint density at radius 2 is 1.95 bits per heavy atom. The van der Waals surface area contributed by atoms with Gasteiger partial charge in [0.05, 0.1) is 6.61 Å². The van der Waals surface area contributed by atoms with Crippen LogP contribution in [0, 0.1) is 5.92 Å². The van der Waals surface area contributed by atoms with Crippen molar-refractivity contribution in [3.05, 3.63) is 0 Å². The Kier molecular flexibility index (Phi) is 5.84. The van der Waals surface area contributed by atoms with Gasteiger partial charge < -0.3 is 15.4 Å². The van der Waals surface area contributed by atoms with E-state index < -0.39 is 0 Å². The summed E-state index contributed by atoms with van der Waals surface area (Å²) in [5, 5.41) is 0. The fraction of sp³-hybridized carbons (Fsp3) is 1.00. The molecule has 2 bridgehead atoms. The second-order valence-electron chi connectivity index (χ2n) is 6.51. The lowest BCUT2D eigenvalue weighted by molar-refractivity contribution is -0.0926. The van der Waals surface area contributed by atoms with Crippen molar-refractivity contribution in [3.8, 4) is 0 Å². The lowest BCUT2D eigenvalue weighted by Crippen LogP contribution is -2.72. The van der Waals surface area contributed by atoms with E-state index in [-0.39, 0.29) is 5.54 Å². The van der Waals surface area contributed by atoms with Gasteiger partial charge in [-0.05, 0) is 44.7 Å². The number of fused-ring (bicyclic) bond motifs is 3. The normalized spacial score (nSPS) is 33.3. The molecule has 0 spiro atoms. The van der Waals surface area contributed by atoms with Gasteiger partial charge in [0.1, 0.15) is 0 Å². The van der Waals surface area contributed by atoms with Crippen LogP contribution in [0.15, 0.2) is 0 Å². The van der Waals surface area contributed by atoms with Gasteiger partial charge in [-0.1, -0.05) is 13.8 Å². The molecule has 0 aromatic rings. The van der Waals surface area contributed by atoms with Gasteiger partial charge >= 0.3 is 0 Å². The predicted molar refractivity (Wildman–Crippen MR) is 83.9 cm³/mol. The van der Waals surface area contributed by atoms with E-state index in [4.69, 9.17) is 10.5 Å². The highest BCUT2D eigenvalue weighted by Gasteiger charge is 2.50. The van der Waals surface area contributed by atoms with Crippen molar-refractivity contribution in [2.24, 2.45) is 11.7 Å². The van der Waals surface area contributed by atoms with Crippen LogP contribution in [0.25, 0.3) is 0 Å². The van der Waals surface area contributed by atoms with E-state index in [1.54, 1.807) is 7.11 Å². The van der Waals surface area contributed by atoms with Crippen LogP contribution < -0.4 is 5.73 Å². The van der Waals surface area contributed by atoms with Crippen LogP contribution >= 0.6 is 0 Å². The van der Waals surface area contributed by atoms with Crippen LogP contribution in [-0.4, -0.2) is 67.8 Å². The highest BCUT2D eigenvalue weighted by Crippen LogP contribution is 2.40. The molecule has 1 unspecified atom stereocenters.